The summed E-state index contributed by atoms with van der Waals surface area (Å²) < 4.78 is 0. The molecule has 2 N–H and O–H groups in total. The summed E-state index contributed by atoms with van der Waals surface area (Å²) in [7, 11) is 0. The van der Waals surface area contributed by atoms with E-state index in [2.05, 4.69) is 5.32 Å². The third kappa shape index (κ3) is 5.04. The monoisotopic (exact) mass is 179 g/mol. The average molecular weight is 180 g/mol. The van der Waals surface area contributed by atoms with E-state index < -0.39 is 0 Å². The summed E-state index contributed by atoms with van der Waals surface area (Å²) in [6.45, 7) is 3.75. The Kier molecular flexibility index (Phi) is 4.45. The van der Waals surface area contributed by atoms with Gasteiger partial charge in [0.15, 0.2) is 0 Å². The van der Waals surface area contributed by atoms with Gasteiger partial charge in [0.25, 0.3) is 0 Å². The van der Waals surface area contributed by atoms with Gasteiger partial charge in [0, 0.05) is 12.1 Å². The van der Waals surface area contributed by atoms with Gasteiger partial charge in [-0.25, -0.2) is 0 Å². The summed E-state index contributed by atoms with van der Waals surface area (Å²) in [5, 5.41) is 11.3. The van der Waals surface area contributed by atoms with E-state index in [1.54, 1.807) is 0 Å². The van der Waals surface area contributed by atoms with E-state index in [4.69, 9.17) is 16.7 Å². The molecule has 0 fully saturated rings. The molecule has 0 saturated carbocycles. The largest absolute Gasteiger partial charge is 0.396 e. The SMILES string of the molecule is CC(C)(CCO)NC(=O)CCl. The number of rotatable bonds is 4. The molecule has 3 nitrogen and oxygen atoms in total. The van der Waals surface area contributed by atoms with Gasteiger partial charge < -0.3 is 10.4 Å². The minimum Gasteiger partial charge on any atom is -0.396 e. The van der Waals surface area contributed by atoms with Gasteiger partial charge >= 0.3 is 0 Å². The summed E-state index contributed by atoms with van der Waals surface area (Å²) in [4.78, 5) is 10.8. The van der Waals surface area contributed by atoms with Crippen molar-refractivity contribution in [3.63, 3.8) is 0 Å². The molecule has 0 unspecified atom stereocenters. The van der Waals surface area contributed by atoms with Crippen LogP contribution in [0.1, 0.15) is 20.3 Å². The van der Waals surface area contributed by atoms with Crippen molar-refractivity contribution in [2.24, 2.45) is 0 Å². The van der Waals surface area contributed by atoms with Gasteiger partial charge in [0.1, 0.15) is 5.88 Å². The smallest absolute Gasteiger partial charge is 0.235 e. The van der Waals surface area contributed by atoms with Crippen LogP contribution in [0.2, 0.25) is 0 Å². The van der Waals surface area contributed by atoms with E-state index in [1.165, 1.54) is 0 Å². The van der Waals surface area contributed by atoms with Crippen molar-refractivity contribution in [2.75, 3.05) is 12.5 Å². The zero-order chi connectivity index (χ0) is 8.91. The van der Waals surface area contributed by atoms with Crippen molar-refractivity contribution < 1.29 is 9.90 Å². The van der Waals surface area contributed by atoms with E-state index in [1.807, 2.05) is 13.8 Å². The Hall–Kier alpha value is -0.280. The first kappa shape index (κ1) is 10.7. The third-order valence-electron chi connectivity index (χ3n) is 1.34. The van der Waals surface area contributed by atoms with Gasteiger partial charge in [0.05, 0.1) is 0 Å². The second-order valence-corrected chi connectivity index (χ2v) is 3.31. The molecule has 0 atom stereocenters. The molecule has 0 aliphatic carbocycles. The van der Waals surface area contributed by atoms with Crippen LogP contribution in [0.5, 0.6) is 0 Å². The number of nitrogens with one attached hydrogen (secondary N) is 1. The molecule has 1 amide bonds. The standard InChI is InChI=1S/C7H14ClNO2/c1-7(2,3-4-10)9-6(11)5-8/h10H,3-5H2,1-2H3,(H,9,11). The van der Waals surface area contributed by atoms with Gasteiger partial charge in [-0.3, -0.25) is 4.79 Å². The van der Waals surface area contributed by atoms with Crippen LogP contribution in [0, 0.1) is 0 Å². The number of hydrogen-bond acceptors (Lipinski definition) is 2. The lowest BCUT2D eigenvalue weighted by Gasteiger charge is -2.24. The molecule has 0 radical (unpaired) electrons. The van der Waals surface area contributed by atoms with Crippen LogP contribution in [0.15, 0.2) is 0 Å². The highest BCUT2D eigenvalue weighted by Crippen LogP contribution is 2.06. The van der Waals surface area contributed by atoms with Crippen LogP contribution < -0.4 is 5.32 Å². The maximum absolute atomic E-state index is 10.8. The second kappa shape index (κ2) is 4.57. The number of carbonyl (C=O) groups is 1. The first-order chi connectivity index (χ1) is 5.02. The summed E-state index contributed by atoms with van der Waals surface area (Å²) >= 11 is 5.28. The molecule has 4 heteroatoms. The maximum atomic E-state index is 10.8. The minimum atomic E-state index is -0.360. The number of aliphatic hydroxyl groups is 1. The van der Waals surface area contributed by atoms with Crippen molar-refractivity contribution in [3.05, 3.63) is 0 Å². The summed E-state index contributed by atoms with van der Waals surface area (Å²) in [6.07, 6.45) is 0.537. The molecular weight excluding hydrogens is 166 g/mol. The predicted octanol–water partition coefficient (Wildman–Crippen LogP) is 0.502. The fourth-order valence-electron chi connectivity index (χ4n) is 0.753. The van der Waals surface area contributed by atoms with Crippen molar-refractivity contribution >= 4 is 17.5 Å². The molecule has 0 spiro atoms. The molecule has 11 heavy (non-hydrogen) atoms. The van der Waals surface area contributed by atoms with E-state index in [0.29, 0.717) is 6.42 Å². The van der Waals surface area contributed by atoms with Crippen molar-refractivity contribution in [3.8, 4) is 0 Å². The molecule has 0 aliphatic rings. The first-order valence-electron chi connectivity index (χ1n) is 3.49. The number of aliphatic hydroxyl groups excluding tert-OH is 1. The quantitative estimate of drug-likeness (QED) is 0.618. The predicted molar refractivity (Wildman–Crippen MR) is 44.6 cm³/mol. The van der Waals surface area contributed by atoms with Crippen LogP contribution >= 0.6 is 11.6 Å². The highest BCUT2D eigenvalue weighted by molar-refractivity contribution is 6.27. The lowest BCUT2D eigenvalue weighted by molar-refractivity contribution is -0.120. The highest BCUT2D eigenvalue weighted by atomic mass is 35.5. The van der Waals surface area contributed by atoms with Gasteiger partial charge in [-0.05, 0) is 20.3 Å². The van der Waals surface area contributed by atoms with Crippen LogP contribution in [0.4, 0.5) is 0 Å². The maximum Gasteiger partial charge on any atom is 0.235 e. The fourth-order valence-corrected chi connectivity index (χ4v) is 0.820. The van der Waals surface area contributed by atoms with Crippen LogP contribution in [-0.4, -0.2) is 29.0 Å². The van der Waals surface area contributed by atoms with Crippen LogP contribution in [0.3, 0.4) is 0 Å². The lowest BCUT2D eigenvalue weighted by Crippen LogP contribution is -2.44. The zero-order valence-electron chi connectivity index (χ0n) is 6.85. The summed E-state index contributed by atoms with van der Waals surface area (Å²) in [5.74, 6) is -0.236. The normalized spacial score (nSPS) is 11.3. The molecule has 0 rings (SSSR count). The Labute approximate surface area is 71.7 Å². The number of alkyl halides is 1. The number of halogens is 1. The van der Waals surface area contributed by atoms with E-state index in [-0.39, 0.29) is 23.9 Å². The van der Waals surface area contributed by atoms with Gasteiger partial charge in [0.2, 0.25) is 5.91 Å². The highest BCUT2D eigenvalue weighted by Gasteiger charge is 2.18. The fraction of sp³-hybridized carbons (Fsp3) is 0.857. The molecule has 0 saturated heterocycles. The molecule has 0 aromatic heterocycles. The molecule has 66 valence electrons. The lowest BCUT2D eigenvalue weighted by atomic mass is 10.0. The molecule has 0 aromatic rings. The van der Waals surface area contributed by atoms with Crippen LogP contribution in [0.25, 0.3) is 0 Å². The average Bonchev–Trinajstić information content (AvgIpc) is 1.86. The van der Waals surface area contributed by atoms with Gasteiger partial charge in [-0.1, -0.05) is 0 Å². The Morgan fingerprint density at radius 2 is 2.18 bits per heavy atom. The summed E-state index contributed by atoms with van der Waals surface area (Å²) in [5.41, 5.74) is -0.360. The topological polar surface area (TPSA) is 49.3 Å². The molecule has 0 bridgehead atoms. The van der Waals surface area contributed by atoms with Gasteiger partial charge in [-0.15, -0.1) is 11.6 Å². The second-order valence-electron chi connectivity index (χ2n) is 3.04. The first-order valence-corrected chi connectivity index (χ1v) is 4.03. The zero-order valence-corrected chi connectivity index (χ0v) is 7.61. The number of amides is 1. The van der Waals surface area contributed by atoms with E-state index >= 15 is 0 Å². The molecule has 0 aromatic carbocycles. The van der Waals surface area contributed by atoms with Crippen molar-refractivity contribution in [1.29, 1.82) is 0 Å². The van der Waals surface area contributed by atoms with E-state index in [9.17, 15) is 4.79 Å². The Morgan fingerprint density at radius 1 is 1.64 bits per heavy atom. The minimum absolute atomic E-state index is 0.0329. The number of hydrogen-bond donors (Lipinski definition) is 2. The summed E-state index contributed by atoms with van der Waals surface area (Å²) in [6, 6.07) is 0. The Morgan fingerprint density at radius 3 is 2.55 bits per heavy atom. The number of carbonyl (C=O) groups excluding carboxylic acids is 1. The van der Waals surface area contributed by atoms with E-state index in [0.717, 1.165) is 0 Å². The molecular formula is C7H14ClNO2. The molecule has 0 aliphatic heterocycles. The molecule has 0 heterocycles. The van der Waals surface area contributed by atoms with Gasteiger partial charge in [-0.2, -0.15) is 0 Å². The Bertz CT molecular complexity index is 136. The Balaban J connectivity index is 3.80. The van der Waals surface area contributed by atoms with Crippen molar-refractivity contribution in [1.82, 2.24) is 5.32 Å². The van der Waals surface area contributed by atoms with Crippen LogP contribution in [-0.2, 0) is 4.79 Å². The third-order valence-corrected chi connectivity index (χ3v) is 1.58. The van der Waals surface area contributed by atoms with Crippen molar-refractivity contribution in [2.45, 2.75) is 25.8 Å².